The zero-order valence-corrected chi connectivity index (χ0v) is 10.2. The van der Waals surface area contributed by atoms with Crippen LogP contribution < -0.4 is 9.47 Å². The Kier molecular flexibility index (Phi) is 2.57. The monoisotopic (exact) mass is 248 g/mol. The Morgan fingerprint density at radius 2 is 2.28 bits per heavy atom. The second-order valence-electron chi connectivity index (χ2n) is 5.04. The van der Waals surface area contributed by atoms with Gasteiger partial charge in [0.2, 0.25) is 0 Å². The summed E-state index contributed by atoms with van der Waals surface area (Å²) in [7, 11) is 0. The normalized spacial score (nSPS) is 28.9. The van der Waals surface area contributed by atoms with Gasteiger partial charge in [0.25, 0.3) is 0 Å². The number of hydrogen-bond donors (Lipinski definition) is 2. The molecule has 0 saturated carbocycles. The smallest absolute Gasteiger partial charge is 0.148 e. The minimum Gasteiger partial charge on any atom is -0.490 e. The first-order valence-electron chi connectivity index (χ1n) is 6.07. The van der Waals surface area contributed by atoms with Crippen LogP contribution in [0.5, 0.6) is 11.5 Å². The molecule has 96 valence electrons. The first-order valence-corrected chi connectivity index (χ1v) is 6.07. The van der Waals surface area contributed by atoms with Crippen LogP contribution in [0.25, 0.3) is 6.08 Å². The molecule has 0 saturated heterocycles. The summed E-state index contributed by atoms with van der Waals surface area (Å²) >= 11 is 0. The third-order valence-corrected chi connectivity index (χ3v) is 3.37. The Balaban J connectivity index is 2.04. The van der Waals surface area contributed by atoms with E-state index in [-0.39, 0.29) is 6.61 Å². The summed E-state index contributed by atoms with van der Waals surface area (Å²) in [5.74, 6) is 1.50. The van der Waals surface area contributed by atoms with Gasteiger partial charge in [-0.1, -0.05) is 6.07 Å². The maximum atomic E-state index is 9.57. The first-order chi connectivity index (χ1) is 8.61. The molecule has 2 heterocycles. The summed E-state index contributed by atoms with van der Waals surface area (Å²) < 4.78 is 11.4. The summed E-state index contributed by atoms with van der Waals surface area (Å²) in [6, 6.07) is 3.78. The quantitative estimate of drug-likeness (QED) is 0.782. The summed E-state index contributed by atoms with van der Waals surface area (Å²) in [4.78, 5) is 0. The van der Waals surface area contributed by atoms with Crippen molar-refractivity contribution in [1.29, 1.82) is 0 Å². The molecule has 2 aliphatic heterocycles. The van der Waals surface area contributed by atoms with E-state index in [0.717, 1.165) is 16.9 Å². The van der Waals surface area contributed by atoms with E-state index in [1.54, 1.807) is 0 Å². The molecule has 3 rings (SSSR count). The van der Waals surface area contributed by atoms with Gasteiger partial charge in [0, 0.05) is 6.42 Å². The summed E-state index contributed by atoms with van der Waals surface area (Å²) in [5.41, 5.74) is 1.22. The largest absolute Gasteiger partial charge is 0.490 e. The maximum absolute atomic E-state index is 9.57. The van der Waals surface area contributed by atoms with Gasteiger partial charge in [-0.3, -0.25) is 0 Å². The van der Waals surface area contributed by atoms with Gasteiger partial charge in [-0.25, -0.2) is 0 Å². The van der Waals surface area contributed by atoms with Crippen LogP contribution in [0.3, 0.4) is 0 Å². The predicted molar refractivity (Wildman–Crippen MR) is 66.8 cm³/mol. The molecule has 18 heavy (non-hydrogen) atoms. The molecule has 0 bridgehead atoms. The van der Waals surface area contributed by atoms with Crippen molar-refractivity contribution in [3.05, 3.63) is 29.3 Å². The van der Waals surface area contributed by atoms with Gasteiger partial charge in [0.1, 0.15) is 23.7 Å². The summed E-state index contributed by atoms with van der Waals surface area (Å²) in [6.45, 7) is 2.07. The van der Waals surface area contributed by atoms with Gasteiger partial charge in [-0.2, -0.15) is 0 Å². The molecular formula is C14H16O4. The van der Waals surface area contributed by atoms with Crippen molar-refractivity contribution in [3.8, 4) is 11.5 Å². The lowest BCUT2D eigenvalue weighted by Crippen LogP contribution is -2.36. The van der Waals surface area contributed by atoms with Gasteiger partial charge in [-0.05, 0) is 30.7 Å². The lowest BCUT2D eigenvalue weighted by Gasteiger charge is -2.32. The third-order valence-electron chi connectivity index (χ3n) is 3.37. The predicted octanol–water partition coefficient (Wildman–Crippen LogP) is 1.14. The average molecular weight is 248 g/mol. The number of benzene rings is 1. The fourth-order valence-corrected chi connectivity index (χ4v) is 2.33. The fourth-order valence-electron chi connectivity index (χ4n) is 2.33. The van der Waals surface area contributed by atoms with Crippen LogP contribution in [0.4, 0.5) is 0 Å². The highest BCUT2D eigenvalue weighted by atomic mass is 16.5. The van der Waals surface area contributed by atoms with Crippen LogP contribution in [-0.2, 0) is 6.42 Å². The van der Waals surface area contributed by atoms with E-state index in [0.29, 0.717) is 18.8 Å². The molecule has 0 aromatic heterocycles. The van der Waals surface area contributed by atoms with Crippen LogP contribution >= 0.6 is 0 Å². The van der Waals surface area contributed by atoms with Crippen molar-refractivity contribution in [2.45, 2.75) is 25.0 Å². The number of aliphatic hydroxyl groups excluding tert-OH is 2. The van der Waals surface area contributed by atoms with E-state index < -0.39 is 11.7 Å². The molecule has 1 aromatic rings. The Bertz CT molecular complexity index is 509. The molecule has 0 radical (unpaired) electrons. The molecule has 0 spiro atoms. The number of fused-ring (bicyclic) bond motifs is 3. The van der Waals surface area contributed by atoms with Gasteiger partial charge in [-0.15, -0.1) is 0 Å². The zero-order chi connectivity index (χ0) is 12.8. The second kappa shape index (κ2) is 4.00. The Morgan fingerprint density at radius 1 is 1.44 bits per heavy atom. The highest BCUT2D eigenvalue weighted by Gasteiger charge is 2.30. The van der Waals surface area contributed by atoms with Gasteiger partial charge in [0.15, 0.2) is 0 Å². The first kappa shape index (κ1) is 11.6. The Hall–Kier alpha value is -1.52. The SMILES string of the molecule is C[C@@]1(CO)C=Cc2c(ccc3c2OC[C@@H](O)C3)O1. The summed E-state index contributed by atoms with van der Waals surface area (Å²) in [6.07, 6.45) is 3.93. The molecule has 2 N–H and O–H groups in total. The van der Waals surface area contributed by atoms with E-state index in [1.807, 2.05) is 31.2 Å². The highest BCUT2D eigenvalue weighted by Crippen LogP contribution is 2.40. The molecule has 2 aliphatic rings. The van der Waals surface area contributed by atoms with Gasteiger partial charge < -0.3 is 19.7 Å². The van der Waals surface area contributed by atoms with Crippen molar-refractivity contribution < 1.29 is 19.7 Å². The number of aliphatic hydroxyl groups is 2. The lowest BCUT2D eigenvalue weighted by molar-refractivity contribution is 0.0621. The molecule has 0 amide bonds. The van der Waals surface area contributed by atoms with E-state index in [1.165, 1.54) is 0 Å². The van der Waals surface area contributed by atoms with E-state index in [2.05, 4.69) is 0 Å². The topological polar surface area (TPSA) is 58.9 Å². The van der Waals surface area contributed by atoms with E-state index in [9.17, 15) is 10.2 Å². The maximum Gasteiger partial charge on any atom is 0.148 e. The van der Waals surface area contributed by atoms with Crippen LogP contribution in [0, 0.1) is 0 Å². The van der Waals surface area contributed by atoms with Gasteiger partial charge in [0.05, 0.1) is 18.3 Å². The van der Waals surface area contributed by atoms with Crippen LogP contribution in [-0.4, -0.2) is 35.1 Å². The molecule has 0 fully saturated rings. The van der Waals surface area contributed by atoms with Crippen molar-refractivity contribution in [2.75, 3.05) is 13.2 Å². The van der Waals surface area contributed by atoms with Crippen LogP contribution in [0.15, 0.2) is 18.2 Å². The average Bonchev–Trinajstić information content (AvgIpc) is 2.38. The molecule has 1 aromatic carbocycles. The fraction of sp³-hybridized carbons (Fsp3) is 0.429. The minimum atomic E-state index is -0.671. The zero-order valence-electron chi connectivity index (χ0n) is 10.2. The molecule has 2 atom stereocenters. The van der Waals surface area contributed by atoms with Crippen LogP contribution in [0.2, 0.25) is 0 Å². The van der Waals surface area contributed by atoms with Crippen molar-refractivity contribution in [1.82, 2.24) is 0 Å². The van der Waals surface area contributed by atoms with E-state index in [4.69, 9.17) is 9.47 Å². The van der Waals surface area contributed by atoms with Crippen molar-refractivity contribution in [2.24, 2.45) is 0 Å². The standard InChI is InChI=1S/C14H16O4/c1-14(8-15)5-4-11-12(18-14)3-2-9-6-10(16)7-17-13(9)11/h2-5,10,15-16H,6-8H2,1H3/t10-,14-/m0/s1. The molecule has 0 unspecified atom stereocenters. The Morgan fingerprint density at radius 3 is 3.06 bits per heavy atom. The third kappa shape index (κ3) is 1.78. The van der Waals surface area contributed by atoms with Crippen molar-refractivity contribution >= 4 is 6.08 Å². The minimum absolute atomic E-state index is 0.0698. The van der Waals surface area contributed by atoms with Crippen molar-refractivity contribution in [3.63, 3.8) is 0 Å². The van der Waals surface area contributed by atoms with E-state index >= 15 is 0 Å². The summed E-state index contributed by atoms with van der Waals surface area (Å²) in [5, 5.41) is 18.9. The molecule has 4 nitrogen and oxygen atoms in total. The lowest BCUT2D eigenvalue weighted by atomic mass is 9.96. The Labute approximate surface area is 105 Å². The molecule has 4 heteroatoms. The second-order valence-corrected chi connectivity index (χ2v) is 5.04. The highest BCUT2D eigenvalue weighted by molar-refractivity contribution is 5.69. The molecular weight excluding hydrogens is 232 g/mol. The number of rotatable bonds is 1. The number of hydrogen-bond acceptors (Lipinski definition) is 4. The van der Waals surface area contributed by atoms with Gasteiger partial charge >= 0.3 is 0 Å². The van der Waals surface area contributed by atoms with Crippen LogP contribution in [0.1, 0.15) is 18.1 Å². The number of ether oxygens (including phenoxy) is 2. The molecule has 0 aliphatic carbocycles.